The van der Waals surface area contributed by atoms with Crippen LogP contribution >= 0.6 is 12.2 Å². The topological polar surface area (TPSA) is 23.8 Å². The number of thiocarbonyl (C=S) groups is 1. The van der Waals surface area contributed by atoms with Crippen LogP contribution in [0.3, 0.4) is 0 Å². The maximum atomic E-state index is 6.76. The molecular formula is C5H11NSU. The van der Waals surface area contributed by atoms with Crippen LogP contribution in [-0.4, -0.2) is 4.99 Å². The van der Waals surface area contributed by atoms with Crippen molar-refractivity contribution in [3.05, 3.63) is 13.2 Å². The second-order valence-electron chi connectivity index (χ2n) is 1.52. The molecule has 0 saturated carbocycles. The summed E-state index contributed by atoms with van der Waals surface area (Å²) in [6.45, 7) is 3.82. The van der Waals surface area contributed by atoms with E-state index in [4.69, 9.17) is 5.73 Å². The van der Waals surface area contributed by atoms with Gasteiger partial charge in [-0.1, -0.05) is 18.8 Å². The quantitative estimate of drug-likeness (QED) is 0.524. The van der Waals surface area contributed by atoms with Crippen molar-refractivity contribution in [2.45, 2.75) is 13.8 Å². The summed E-state index contributed by atoms with van der Waals surface area (Å²) in [5.41, 5.74) is 6.76. The van der Waals surface area contributed by atoms with E-state index in [-0.39, 0.29) is 44.5 Å². The van der Waals surface area contributed by atoms with Crippen LogP contribution in [0.4, 0.5) is 0 Å². The first-order valence-corrected chi connectivity index (χ1v) is 2.31. The van der Waals surface area contributed by atoms with E-state index in [1.165, 1.54) is 0 Å². The molecule has 1 nitrogen and oxygen atoms in total. The Balaban J connectivity index is -0.000000125. The Morgan fingerprint density at radius 3 is 1.62 bits per heavy atom. The molecule has 0 aromatic carbocycles. The fraction of sp³-hybridized carbons (Fsp3) is 0.600. The molecule has 0 fully saturated rings. The molecule has 0 atom stereocenters. The molecule has 0 saturated heterocycles. The minimum atomic E-state index is 0. The molecular weight excluding hydrogens is 344 g/mol. The van der Waals surface area contributed by atoms with Crippen LogP contribution in [0, 0.1) is 44.5 Å². The van der Waals surface area contributed by atoms with Gasteiger partial charge in [0, 0.05) is 0 Å². The van der Waals surface area contributed by atoms with Gasteiger partial charge in [0.15, 0.2) is 0 Å². The molecule has 46 valence electrons. The fourth-order valence-corrected chi connectivity index (χ4v) is 0. The molecule has 1 N–H and O–H groups in total. The van der Waals surface area contributed by atoms with Gasteiger partial charge in [0.1, 0.15) is 0 Å². The van der Waals surface area contributed by atoms with Gasteiger partial charge in [-0.3, -0.25) is 0 Å². The molecule has 0 spiro atoms. The van der Waals surface area contributed by atoms with Gasteiger partial charge in [0.25, 0.3) is 0 Å². The minimum Gasteiger partial charge on any atom is -0.693 e. The summed E-state index contributed by atoms with van der Waals surface area (Å²) in [5, 5.41) is 0. The summed E-state index contributed by atoms with van der Waals surface area (Å²) in [4.78, 5) is 0.343. The van der Waals surface area contributed by atoms with Gasteiger partial charge in [-0.2, -0.15) is 0 Å². The molecule has 0 unspecified atom stereocenters. The van der Waals surface area contributed by atoms with Crippen LogP contribution in [0.2, 0.25) is 0 Å². The molecule has 0 aromatic rings. The van der Waals surface area contributed by atoms with Crippen LogP contribution in [0.5, 0.6) is 0 Å². The molecule has 3 heteroatoms. The van der Waals surface area contributed by atoms with E-state index >= 15 is 0 Å². The van der Waals surface area contributed by atoms with E-state index in [1.807, 2.05) is 13.8 Å². The van der Waals surface area contributed by atoms with Crippen LogP contribution in [-0.2, 0) is 0 Å². The molecule has 0 aromatic heterocycles. The van der Waals surface area contributed by atoms with E-state index in [0.29, 0.717) is 4.99 Å². The third-order valence-corrected chi connectivity index (χ3v) is 0.996. The average Bonchev–Trinajstić information content (AvgIpc) is 1.36. The van der Waals surface area contributed by atoms with Crippen LogP contribution < -0.4 is 0 Å². The van der Waals surface area contributed by atoms with Gasteiger partial charge in [-0.05, 0) is 5.92 Å². The van der Waals surface area contributed by atoms with Crippen molar-refractivity contribution in [2.75, 3.05) is 0 Å². The molecule has 0 rings (SSSR count). The zero-order valence-electron chi connectivity index (χ0n) is 5.49. The Morgan fingerprint density at radius 1 is 1.50 bits per heavy atom. The van der Waals surface area contributed by atoms with Crippen molar-refractivity contribution in [3.63, 3.8) is 0 Å². The zero-order valence-corrected chi connectivity index (χ0v) is 10.5. The van der Waals surface area contributed by atoms with Crippen molar-refractivity contribution >= 4 is 17.2 Å². The smallest absolute Gasteiger partial charge is 0.693 e. The van der Waals surface area contributed by atoms with Crippen molar-refractivity contribution in [2.24, 2.45) is 5.92 Å². The van der Waals surface area contributed by atoms with E-state index in [0.717, 1.165) is 0 Å². The van der Waals surface area contributed by atoms with Gasteiger partial charge in [0.05, 0.1) is 0 Å². The molecule has 0 aliphatic rings. The van der Waals surface area contributed by atoms with Gasteiger partial charge >= 0.3 is 31.1 Å². The third kappa shape index (κ3) is 10.0. The van der Waals surface area contributed by atoms with E-state index < -0.39 is 0 Å². The van der Waals surface area contributed by atoms with E-state index in [1.54, 1.807) is 0 Å². The second-order valence-corrected chi connectivity index (χ2v) is 1.96. The average molecular weight is 355 g/mol. The molecule has 0 bridgehead atoms. The molecule has 8 heavy (non-hydrogen) atoms. The van der Waals surface area contributed by atoms with Crippen LogP contribution in [0.15, 0.2) is 0 Å². The first kappa shape index (κ1) is 16.0. The minimum absolute atomic E-state index is 0. The molecule has 0 aliphatic heterocycles. The normalized spacial score (nSPS) is 6.88. The van der Waals surface area contributed by atoms with Crippen molar-refractivity contribution in [1.82, 2.24) is 0 Å². The summed E-state index contributed by atoms with van der Waals surface area (Å²) >= 11 is 4.49. The summed E-state index contributed by atoms with van der Waals surface area (Å²) in [7, 11) is 0. The predicted molar refractivity (Wildman–Crippen MR) is 38.2 cm³/mol. The van der Waals surface area contributed by atoms with Crippen molar-refractivity contribution < 1.29 is 31.1 Å². The second kappa shape index (κ2) is 7.94. The summed E-state index contributed by atoms with van der Waals surface area (Å²) in [5.74, 6) is 0.250. The maximum absolute atomic E-state index is 6.76. The Bertz CT molecular complexity index is 63.4. The molecule has 0 radical (unpaired) electrons. The standard InChI is InChI=1S/C4H9NS.CH3.U/c1-3(2)4(5)6;;/h3H,1-2H3,(H2,5,6);1H3;/q;-1;+2/p-1. The van der Waals surface area contributed by atoms with Gasteiger partial charge in [-0.15, -0.1) is 12.2 Å². The van der Waals surface area contributed by atoms with Crippen molar-refractivity contribution in [1.29, 1.82) is 0 Å². The Hall–Kier alpha value is 0.942. The van der Waals surface area contributed by atoms with Gasteiger partial charge in [0.2, 0.25) is 0 Å². The van der Waals surface area contributed by atoms with Crippen LogP contribution in [0.1, 0.15) is 13.8 Å². The number of hydrogen-bond acceptors (Lipinski definition) is 1. The van der Waals surface area contributed by atoms with E-state index in [9.17, 15) is 0 Å². The first-order chi connectivity index (χ1) is 2.64. The van der Waals surface area contributed by atoms with Gasteiger partial charge < -0.3 is 13.2 Å². The predicted octanol–water partition coefficient (Wildman–Crippen LogP) is 2.47. The van der Waals surface area contributed by atoms with Crippen LogP contribution in [0.25, 0.3) is 5.73 Å². The summed E-state index contributed by atoms with van der Waals surface area (Å²) in [6.07, 6.45) is 0. The first-order valence-electron chi connectivity index (χ1n) is 1.90. The SMILES string of the molecule is CC(C)C([NH-])=S.[CH3-].[U+2]. The maximum Gasteiger partial charge on any atom is 2.00 e. The summed E-state index contributed by atoms with van der Waals surface area (Å²) < 4.78 is 0. The molecule has 0 amide bonds. The van der Waals surface area contributed by atoms with Crippen molar-refractivity contribution in [3.8, 4) is 0 Å². The largest absolute Gasteiger partial charge is 2.00 e. The monoisotopic (exact) mass is 355 g/mol. The fourth-order valence-electron chi connectivity index (χ4n) is 0. The van der Waals surface area contributed by atoms with Gasteiger partial charge in [-0.25, -0.2) is 0 Å². The Morgan fingerprint density at radius 2 is 1.62 bits per heavy atom. The third-order valence-electron chi connectivity index (χ3n) is 0.524. The Labute approximate surface area is 80.8 Å². The van der Waals surface area contributed by atoms with E-state index in [2.05, 4.69) is 12.2 Å². The molecule has 0 heterocycles. The Kier molecular flexibility index (Phi) is 15.9. The number of nitrogens with one attached hydrogen (secondary N) is 1. The number of hydrogen-bond donors (Lipinski definition) is 0. The zero-order chi connectivity index (χ0) is 5.15. The molecule has 0 aliphatic carbocycles. The number of rotatable bonds is 1. The summed E-state index contributed by atoms with van der Waals surface area (Å²) in [6, 6.07) is 0.